The van der Waals surface area contributed by atoms with Gasteiger partial charge in [0.25, 0.3) is 5.91 Å². The number of methoxy groups -OCH3 is 2. The highest BCUT2D eigenvalue weighted by Crippen LogP contribution is 2.28. The van der Waals surface area contributed by atoms with Gasteiger partial charge >= 0.3 is 5.97 Å². The Morgan fingerprint density at radius 1 is 0.765 bits per heavy atom. The number of hydrogen-bond donors (Lipinski definition) is 1. The number of hydrogen-bond acceptors (Lipinski definition) is 6. The highest BCUT2D eigenvalue weighted by molar-refractivity contribution is 5.99. The Morgan fingerprint density at radius 3 is 2.24 bits per heavy atom. The predicted molar refractivity (Wildman–Crippen MR) is 130 cm³/mol. The minimum absolute atomic E-state index is 0.230. The molecule has 170 valence electrons. The van der Waals surface area contributed by atoms with Crippen molar-refractivity contribution in [1.82, 2.24) is 5.43 Å². The number of ether oxygens (including phenoxy) is 3. The van der Waals surface area contributed by atoms with Gasteiger partial charge in [0.15, 0.2) is 11.5 Å². The molecule has 0 spiro atoms. The number of rotatable bonds is 7. The maximum atomic E-state index is 12.5. The van der Waals surface area contributed by atoms with E-state index in [1.54, 1.807) is 55.6 Å². The lowest BCUT2D eigenvalue weighted by molar-refractivity contribution is 0.0729. The standard InChI is InChI=1S/C27H22N2O5/c1-32-23-12-10-20(11-13-23)27(31)34-25-15-18(7-14-24(25)33-2)17-28-29-26(30)22-9-8-19-5-3-4-6-21(19)16-22/h3-17H,1-2H3,(H,29,30). The van der Waals surface area contributed by atoms with Crippen LogP contribution in [0.2, 0.25) is 0 Å². The van der Waals surface area contributed by atoms with Crippen LogP contribution >= 0.6 is 0 Å². The maximum Gasteiger partial charge on any atom is 0.343 e. The van der Waals surface area contributed by atoms with E-state index in [-0.39, 0.29) is 11.7 Å². The molecule has 0 aliphatic heterocycles. The predicted octanol–water partition coefficient (Wildman–Crippen LogP) is 4.84. The number of esters is 1. The van der Waals surface area contributed by atoms with Gasteiger partial charge in [-0.3, -0.25) is 4.79 Å². The largest absolute Gasteiger partial charge is 0.497 e. The zero-order chi connectivity index (χ0) is 23.9. The normalized spacial score (nSPS) is 10.8. The summed E-state index contributed by atoms with van der Waals surface area (Å²) < 4.78 is 15.9. The van der Waals surface area contributed by atoms with Crippen molar-refractivity contribution in [3.63, 3.8) is 0 Å². The molecule has 0 radical (unpaired) electrons. The maximum absolute atomic E-state index is 12.5. The zero-order valence-corrected chi connectivity index (χ0v) is 18.6. The van der Waals surface area contributed by atoms with E-state index in [1.807, 2.05) is 36.4 Å². The Bertz CT molecular complexity index is 1360. The van der Waals surface area contributed by atoms with Gasteiger partial charge in [0.2, 0.25) is 0 Å². The third-order valence-electron chi connectivity index (χ3n) is 5.11. The quantitative estimate of drug-likeness (QED) is 0.187. The molecule has 4 aromatic rings. The minimum atomic E-state index is -0.542. The van der Waals surface area contributed by atoms with Crippen LogP contribution in [0.5, 0.6) is 17.2 Å². The first kappa shape index (κ1) is 22.5. The molecule has 4 aromatic carbocycles. The number of carbonyl (C=O) groups excluding carboxylic acids is 2. The summed E-state index contributed by atoms with van der Waals surface area (Å²) in [7, 11) is 3.03. The molecular weight excluding hydrogens is 432 g/mol. The lowest BCUT2D eigenvalue weighted by Crippen LogP contribution is -2.17. The van der Waals surface area contributed by atoms with Crippen molar-refractivity contribution in [3.8, 4) is 17.2 Å². The first-order chi connectivity index (χ1) is 16.6. The van der Waals surface area contributed by atoms with Crippen molar-refractivity contribution < 1.29 is 23.8 Å². The molecule has 4 rings (SSSR count). The number of hydrazone groups is 1. The van der Waals surface area contributed by atoms with Crippen LogP contribution in [-0.2, 0) is 0 Å². The summed E-state index contributed by atoms with van der Waals surface area (Å²) in [6, 6.07) is 24.8. The van der Waals surface area contributed by atoms with E-state index < -0.39 is 5.97 Å². The number of fused-ring (bicyclic) bond motifs is 1. The summed E-state index contributed by atoms with van der Waals surface area (Å²) in [6.07, 6.45) is 1.46. The van der Waals surface area contributed by atoms with Gasteiger partial charge in [0.05, 0.1) is 26.0 Å². The van der Waals surface area contributed by atoms with Crippen molar-refractivity contribution in [2.75, 3.05) is 14.2 Å². The topological polar surface area (TPSA) is 86.2 Å². The van der Waals surface area contributed by atoms with Crippen molar-refractivity contribution >= 4 is 28.9 Å². The Labute approximate surface area is 196 Å². The van der Waals surface area contributed by atoms with Gasteiger partial charge in [0.1, 0.15) is 5.75 Å². The lowest BCUT2D eigenvalue weighted by Gasteiger charge is -2.10. The number of carbonyl (C=O) groups is 2. The first-order valence-electron chi connectivity index (χ1n) is 10.4. The van der Waals surface area contributed by atoms with Crippen LogP contribution in [0.3, 0.4) is 0 Å². The van der Waals surface area contributed by atoms with Crippen molar-refractivity contribution in [1.29, 1.82) is 0 Å². The molecular formula is C27H22N2O5. The molecule has 1 amide bonds. The van der Waals surface area contributed by atoms with E-state index in [2.05, 4.69) is 10.5 Å². The fourth-order valence-corrected chi connectivity index (χ4v) is 3.30. The molecule has 7 heteroatoms. The molecule has 0 fully saturated rings. The summed E-state index contributed by atoms with van der Waals surface area (Å²) in [5.74, 6) is 0.381. The summed E-state index contributed by atoms with van der Waals surface area (Å²) in [6.45, 7) is 0. The fourth-order valence-electron chi connectivity index (χ4n) is 3.30. The Kier molecular flexibility index (Phi) is 6.84. The van der Waals surface area contributed by atoms with Crippen LogP contribution in [-0.4, -0.2) is 32.3 Å². The van der Waals surface area contributed by atoms with Gasteiger partial charge in [-0.25, -0.2) is 10.2 Å². The van der Waals surface area contributed by atoms with E-state index >= 15 is 0 Å². The van der Waals surface area contributed by atoms with Gasteiger partial charge in [-0.05, 0) is 70.9 Å². The Morgan fingerprint density at radius 2 is 1.50 bits per heavy atom. The van der Waals surface area contributed by atoms with Gasteiger partial charge in [-0.1, -0.05) is 30.3 Å². The number of amides is 1. The van der Waals surface area contributed by atoms with Crippen molar-refractivity contribution in [3.05, 3.63) is 102 Å². The van der Waals surface area contributed by atoms with Crippen LogP contribution < -0.4 is 19.6 Å². The third kappa shape index (κ3) is 5.21. The molecule has 0 aliphatic rings. The van der Waals surface area contributed by atoms with E-state index in [4.69, 9.17) is 14.2 Å². The van der Waals surface area contributed by atoms with Crippen molar-refractivity contribution in [2.45, 2.75) is 0 Å². The van der Waals surface area contributed by atoms with Crippen molar-refractivity contribution in [2.24, 2.45) is 5.10 Å². The molecule has 0 atom stereocenters. The highest BCUT2D eigenvalue weighted by atomic mass is 16.6. The molecule has 0 saturated heterocycles. The number of nitrogens with zero attached hydrogens (tertiary/aromatic N) is 1. The van der Waals surface area contributed by atoms with Crippen LogP contribution in [0.25, 0.3) is 10.8 Å². The fraction of sp³-hybridized carbons (Fsp3) is 0.0741. The molecule has 0 unspecified atom stereocenters. The summed E-state index contributed by atoms with van der Waals surface area (Å²) in [5.41, 5.74) is 3.99. The molecule has 1 N–H and O–H groups in total. The average molecular weight is 454 g/mol. The molecule has 0 saturated carbocycles. The highest BCUT2D eigenvalue weighted by Gasteiger charge is 2.13. The second-order valence-corrected chi connectivity index (χ2v) is 7.29. The smallest absolute Gasteiger partial charge is 0.343 e. The molecule has 34 heavy (non-hydrogen) atoms. The lowest BCUT2D eigenvalue weighted by atomic mass is 10.1. The summed E-state index contributed by atoms with van der Waals surface area (Å²) in [5, 5.41) is 6.05. The van der Waals surface area contributed by atoms with Crippen LogP contribution in [0, 0.1) is 0 Å². The van der Waals surface area contributed by atoms with Crippen LogP contribution in [0.15, 0.2) is 90.0 Å². The van der Waals surface area contributed by atoms with Gasteiger partial charge < -0.3 is 14.2 Å². The zero-order valence-electron chi connectivity index (χ0n) is 18.6. The van der Waals surface area contributed by atoms with Gasteiger partial charge in [0, 0.05) is 5.56 Å². The molecule has 7 nitrogen and oxygen atoms in total. The van der Waals surface area contributed by atoms with E-state index in [0.29, 0.717) is 28.2 Å². The van der Waals surface area contributed by atoms with E-state index in [0.717, 1.165) is 10.8 Å². The second kappa shape index (κ2) is 10.3. The first-order valence-corrected chi connectivity index (χ1v) is 10.4. The van der Waals surface area contributed by atoms with Gasteiger partial charge in [-0.15, -0.1) is 0 Å². The Hall–Kier alpha value is -4.65. The molecule has 0 heterocycles. The summed E-state index contributed by atoms with van der Waals surface area (Å²) >= 11 is 0. The SMILES string of the molecule is COc1ccc(C(=O)Oc2cc(C=NNC(=O)c3ccc4ccccc4c3)ccc2OC)cc1. The Balaban J connectivity index is 1.45. The van der Waals surface area contributed by atoms with E-state index in [1.165, 1.54) is 13.3 Å². The second-order valence-electron chi connectivity index (χ2n) is 7.29. The number of nitrogens with one attached hydrogen (secondary N) is 1. The average Bonchev–Trinajstić information content (AvgIpc) is 2.88. The molecule has 0 bridgehead atoms. The molecule has 0 aliphatic carbocycles. The van der Waals surface area contributed by atoms with Crippen LogP contribution in [0.1, 0.15) is 26.3 Å². The van der Waals surface area contributed by atoms with Crippen LogP contribution in [0.4, 0.5) is 0 Å². The minimum Gasteiger partial charge on any atom is -0.497 e. The summed E-state index contributed by atoms with van der Waals surface area (Å²) in [4.78, 5) is 25.0. The van der Waals surface area contributed by atoms with E-state index in [9.17, 15) is 9.59 Å². The third-order valence-corrected chi connectivity index (χ3v) is 5.11. The molecule has 0 aromatic heterocycles. The monoisotopic (exact) mass is 454 g/mol. The van der Waals surface area contributed by atoms with Gasteiger partial charge in [-0.2, -0.15) is 5.10 Å². The number of benzene rings is 4.